The van der Waals surface area contributed by atoms with E-state index in [1.54, 1.807) is 0 Å². The van der Waals surface area contributed by atoms with Crippen LogP contribution in [0.15, 0.2) is 35.1 Å². The molecule has 0 bridgehead atoms. The second-order valence-corrected chi connectivity index (χ2v) is 5.28. The van der Waals surface area contributed by atoms with Gasteiger partial charge in [-0.3, -0.25) is 0 Å². The summed E-state index contributed by atoms with van der Waals surface area (Å²) in [5.41, 5.74) is 0.630. The summed E-state index contributed by atoms with van der Waals surface area (Å²) in [6.45, 7) is 0.589. The van der Waals surface area contributed by atoms with Crippen molar-refractivity contribution >= 4 is 5.97 Å². The topological polar surface area (TPSA) is 81.8 Å². The Morgan fingerprint density at radius 2 is 2.13 bits per heavy atom. The van der Waals surface area contributed by atoms with Crippen LogP contribution in [0.4, 0.5) is 4.39 Å². The van der Waals surface area contributed by atoms with Gasteiger partial charge in [0.15, 0.2) is 6.29 Å². The van der Waals surface area contributed by atoms with E-state index >= 15 is 0 Å². The summed E-state index contributed by atoms with van der Waals surface area (Å²) in [7, 11) is 0. The highest BCUT2D eigenvalue weighted by Gasteiger charge is 2.29. The molecule has 2 heterocycles. The van der Waals surface area contributed by atoms with Crippen LogP contribution in [-0.2, 0) is 9.47 Å². The number of carboxylic acid groups (broad SMARTS) is 1. The van der Waals surface area contributed by atoms with Crippen molar-refractivity contribution in [1.82, 2.24) is 5.16 Å². The molecule has 1 aromatic heterocycles. The monoisotopic (exact) mass is 321 g/mol. The maximum absolute atomic E-state index is 13.2. The van der Waals surface area contributed by atoms with Gasteiger partial charge in [-0.15, -0.1) is 0 Å². The molecule has 1 fully saturated rings. The van der Waals surface area contributed by atoms with Crippen molar-refractivity contribution in [2.45, 2.75) is 31.7 Å². The molecule has 1 aliphatic rings. The van der Waals surface area contributed by atoms with E-state index in [-0.39, 0.29) is 17.1 Å². The van der Waals surface area contributed by atoms with Gasteiger partial charge >= 0.3 is 5.97 Å². The van der Waals surface area contributed by atoms with E-state index < -0.39 is 18.4 Å². The molecular formula is C16H16FNO5. The third-order valence-corrected chi connectivity index (χ3v) is 3.67. The molecule has 3 rings (SSSR count). The number of ether oxygens (including phenoxy) is 2. The third-order valence-electron chi connectivity index (χ3n) is 3.67. The number of carbonyl (C=O) groups is 1. The fourth-order valence-electron chi connectivity index (χ4n) is 2.50. The molecule has 0 radical (unpaired) electrons. The van der Waals surface area contributed by atoms with Crippen LogP contribution in [-0.4, -0.2) is 29.1 Å². The van der Waals surface area contributed by atoms with Gasteiger partial charge in [0, 0.05) is 6.61 Å². The highest BCUT2D eigenvalue weighted by atomic mass is 19.1. The van der Waals surface area contributed by atoms with E-state index in [4.69, 9.17) is 14.0 Å². The average Bonchev–Trinajstić information content (AvgIpc) is 3.04. The van der Waals surface area contributed by atoms with Gasteiger partial charge in [0.1, 0.15) is 29.4 Å². The molecule has 1 aromatic carbocycles. The van der Waals surface area contributed by atoms with E-state index in [1.165, 1.54) is 24.3 Å². The first-order chi connectivity index (χ1) is 11.1. The molecule has 0 aliphatic carbocycles. The van der Waals surface area contributed by atoms with Crippen LogP contribution in [0, 0.1) is 5.82 Å². The smallest absolute Gasteiger partial charge is 0.341 e. The Morgan fingerprint density at radius 1 is 1.35 bits per heavy atom. The Morgan fingerprint density at radius 3 is 2.78 bits per heavy atom. The Hall–Kier alpha value is -2.25. The summed E-state index contributed by atoms with van der Waals surface area (Å²) in [6.07, 6.45) is 2.43. The van der Waals surface area contributed by atoms with E-state index in [2.05, 4.69) is 5.16 Å². The van der Waals surface area contributed by atoms with E-state index in [0.717, 1.165) is 19.1 Å². The van der Waals surface area contributed by atoms with Crippen molar-refractivity contribution in [3.63, 3.8) is 0 Å². The summed E-state index contributed by atoms with van der Waals surface area (Å²) in [6, 6.07) is 5.63. The molecule has 0 unspecified atom stereocenters. The quantitative estimate of drug-likeness (QED) is 0.911. The molecule has 122 valence electrons. The Bertz CT molecular complexity index is 663. The summed E-state index contributed by atoms with van der Waals surface area (Å²) in [5.74, 6) is -1.55. The lowest BCUT2D eigenvalue weighted by Gasteiger charge is -2.27. The van der Waals surface area contributed by atoms with Crippen molar-refractivity contribution in [3.8, 4) is 0 Å². The minimum absolute atomic E-state index is 0.0878. The maximum atomic E-state index is 13.2. The van der Waals surface area contributed by atoms with Crippen molar-refractivity contribution < 1.29 is 28.3 Å². The molecule has 0 spiro atoms. The predicted molar refractivity (Wildman–Crippen MR) is 76.4 cm³/mol. The van der Waals surface area contributed by atoms with Crippen LogP contribution in [0.5, 0.6) is 0 Å². The minimum atomic E-state index is -1.17. The molecule has 6 nitrogen and oxygen atoms in total. The van der Waals surface area contributed by atoms with Crippen molar-refractivity contribution in [2.24, 2.45) is 0 Å². The fourth-order valence-corrected chi connectivity index (χ4v) is 2.50. The number of benzene rings is 1. The molecule has 2 aromatic rings. The second kappa shape index (κ2) is 6.89. The highest BCUT2D eigenvalue weighted by Crippen LogP contribution is 2.31. The summed E-state index contributed by atoms with van der Waals surface area (Å²) >= 11 is 0. The average molecular weight is 321 g/mol. The second-order valence-electron chi connectivity index (χ2n) is 5.28. The van der Waals surface area contributed by atoms with Crippen molar-refractivity contribution in [3.05, 3.63) is 53.2 Å². The number of aromatic nitrogens is 1. The van der Waals surface area contributed by atoms with Gasteiger partial charge in [-0.05, 0) is 37.0 Å². The molecule has 23 heavy (non-hydrogen) atoms. The van der Waals surface area contributed by atoms with Gasteiger partial charge in [0.05, 0.1) is 0 Å². The first-order valence-corrected chi connectivity index (χ1v) is 7.35. The molecule has 1 saturated heterocycles. The minimum Gasteiger partial charge on any atom is -0.478 e. The van der Waals surface area contributed by atoms with E-state index in [1.807, 2.05) is 0 Å². The van der Waals surface area contributed by atoms with Crippen LogP contribution in [0.2, 0.25) is 0 Å². The first kappa shape index (κ1) is 15.6. The fraction of sp³-hybridized carbons (Fsp3) is 0.375. The van der Waals surface area contributed by atoms with Crippen molar-refractivity contribution in [1.29, 1.82) is 0 Å². The Labute approximate surface area is 131 Å². The Kier molecular flexibility index (Phi) is 4.68. The summed E-state index contributed by atoms with van der Waals surface area (Å²) in [5, 5.41) is 13.0. The van der Waals surface area contributed by atoms with Crippen LogP contribution in [0.1, 0.15) is 47.0 Å². The van der Waals surface area contributed by atoms with Crippen LogP contribution in [0.3, 0.4) is 0 Å². The van der Waals surface area contributed by atoms with Crippen LogP contribution in [0.25, 0.3) is 0 Å². The number of hydrogen-bond acceptors (Lipinski definition) is 5. The lowest BCUT2D eigenvalue weighted by molar-refractivity contribution is -0.182. The molecule has 0 amide bonds. The van der Waals surface area contributed by atoms with Crippen LogP contribution < -0.4 is 0 Å². The highest BCUT2D eigenvalue weighted by molar-refractivity contribution is 5.88. The van der Waals surface area contributed by atoms with Crippen LogP contribution >= 0.6 is 0 Å². The van der Waals surface area contributed by atoms with Gasteiger partial charge < -0.3 is 19.1 Å². The van der Waals surface area contributed by atoms with Gasteiger partial charge in [0.25, 0.3) is 0 Å². The molecule has 1 aliphatic heterocycles. The maximum Gasteiger partial charge on any atom is 0.341 e. The molecule has 0 saturated carbocycles. The number of hydrogen-bond donors (Lipinski definition) is 1. The molecule has 7 heteroatoms. The number of rotatable bonds is 5. The largest absolute Gasteiger partial charge is 0.478 e. The van der Waals surface area contributed by atoms with Gasteiger partial charge in [-0.2, -0.15) is 0 Å². The SMILES string of the molecule is O=C(O)c1conc1[C@@H](O[C@H]1CCCCO1)c1ccc(F)cc1. The standard InChI is InChI=1S/C16H16FNO5/c17-11-6-4-10(5-7-11)15(23-13-3-1-2-8-21-13)14-12(16(19)20)9-22-18-14/h4-7,9,13,15H,1-3,8H2,(H,19,20)/t13-,15-/m0/s1. The molecular weight excluding hydrogens is 305 g/mol. The molecule has 2 atom stereocenters. The van der Waals surface area contributed by atoms with Crippen molar-refractivity contribution in [2.75, 3.05) is 6.61 Å². The predicted octanol–water partition coefficient (Wildman–Crippen LogP) is 3.14. The zero-order chi connectivity index (χ0) is 16.2. The summed E-state index contributed by atoms with van der Waals surface area (Å²) < 4.78 is 29.4. The number of carboxylic acids is 1. The molecule has 1 N–H and O–H groups in total. The number of aromatic carboxylic acids is 1. The number of halogens is 1. The zero-order valence-corrected chi connectivity index (χ0v) is 12.3. The van der Waals surface area contributed by atoms with Gasteiger partial charge in [0.2, 0.25) is 0 Å². The zero-order valence-electron chi connectivity index (χ0n) is 12.3. The summed E-state index contributed by atoms with van der Waals surface area (Å²) in [4.78, 5) is 11.3. The Balaban J connectivity index is 1.93. The third kappa shape index (κ3) is 3.57. The normalized spacial score (nSPS) is 19.4. The van der Waals surface area contributed by atoms with Gasteiger partial charge in [-0.1, -0.05) is 17.3 Å². The van der Waals surface area contributed by atoms with E-state index in [9.17, 15) is 14.3 Å². The lowest BCUT2D eigenvalue weighted by atomic mass is 10.0. The number of nitrogens with zero attached hydrogens (tertiary/aromatic N) is 1. The lowest BCUT2D eigenvalue weighted by Crippen LogP contribution is -2.25. The van der Waals surface area contributed by atoms with Gasteiger partial charge in [-0.25, -0.2) is 9.18 Å². The first-order valence-electron chi connectivity index (χ1n) is 7.35. The van der Waals surface area contributed by atoms with E-state index in [0.29, 0.717) is 18.6 Å².